The Morgan fingerprint density at radius 2 is 2.18 bits per heavy atom. The lowest BCUT2D eigenvalue weighted by molar-refractivity contribution is 0.394. The molecule has 0 aromatic heterocycles. The van der Waals surface area contributed by atoms with Crippen molar-refractivity contribution in [2.24, 2.45) is 0 Å². The summed E-state index contributed by atoms with van der Waals surface area (Å²) in [4.78, 5) is 2.12. The largest absolute Gasteiger partial charge is 0.313 e. The monoisotopic (exact) mass is 235 g/mol. The minimum absolute atomic E-state index is 0.316. The van der Waals surface area contributed by atoms with Crippen molar-refractivity contribution in [3.8, 4) is 6.07 Å². The topological polar surface area (TPSA) is 39.1 Å². The van der Waals surface area contributed by atoms with Gasteiger partial charge in [0.2, 0.25) is 0 Å². The van der Waals surface area contributed by atoms with Gasteiger partial charge in [0, 0.05) is 12.1 Å². The number of halogens is 1. The molecule has 0 heterocycles. The standard InChI is InChI=1S/C13H18FN3/c1-17(2)7-3-6-16-10-12-5-4-11(9-15)8-13(12)14/h4-5,8,16H,3,6-7,10H2,1-2H3. The molecule has 0 unspecified atom stereocenters. The summed E-state index contributed by atoms with van der Waals surface area (Å²) >= 11 is 0. The minimum atomic E-state index is -0.316. The Hall–Kier alpha value is -1.44. The zero-order valence-electron chi connectivity index (χ0n) is 10.3. The van der Waals surface area contributed by atoms with E-state index in [4.69, 9.17) is 5.26 Å². The highest BCUT2D eigenvalue weighted by molar-refractivity contribution is 5.32. The third-order valence-corrected chi connectivity index (χ3v) is 2.46. The number of nitrogens with zero attached hydrogens (tertiary/aromatic N) is 2. The summed E-state index contributed by atoms with van der Waals surface area (Å²) < 4.78 is 13.5. The second kappa shape index (κ2) is 7.00. The van der Waals surface area contributed by atoms with Crippen LogP contribution in [0.2, 0.25) is 0 Å². The van der Waals surface area contributed by atoms with Gasteiger partial charge in [-0.1, -0.05) is 6.07 Å². The lowest BCUT2D eigenvalue weighted by Crippen LogP contribution is -2.21. The van der Waals surface area contributed by atoms with E-state index in [0.29, 0.717) is 17.7 Å². The van der Waals surface area contributed by atoms with Crippen LogP contribution < -0.4 is 5.32 Å². The molecule has 0 saturated carbocycles. The van der Waals surface area contributed by atoms with Gasteiger partial charge in [-0.15, -0.1) is 0 Å². The molecule has 92 valence electrons. The van der Waals surface area contributed by atoms with E-state index in [1.807, 2.05) is 20.2 Å². The van der Waals surface area contributed by atoms with Gasteiger partial charge >= 0.3 is 0 Å². The van der Waals surface area contributed by atoms with Crippen LogP contribution in [0.3, 0.4) is 0 Å². The van der Waals surface area contributed by atoms with E-state index in [2.05, 4.69) is 10.2 Å². The maximum Gasteiger partial charge on any atom is 0.129 e. The Morgan fingerprint density at radius 3 is 2.76 bits per heavy atom. The quantitative estimate of drug-likeness (QED) is 0.763. The molecule has 1 aromatic rings. The molecule has 17 heavy (non-hydrogen) atoms. The van der Waals surface area contributed by atoms with E-state index >= 15 is 0 Å². The Kier molecular flexibility index (Phi) is 5.61. The summed E-state index contributed by atoms with van der Waals surface area (Å²) in [6.07, 6.45) is 1.03. The molecule has 0 bridgehead atoms. The Labute approximate surface area is 102 Å². The summed E-state index contributed by atoms with van der Waals surface area (Å²) in [5, 5.41) is 11.8. The summed E-state index contributed by atoms with van der Waals surface area (Å²) in [7, 11) is 4.06. The summed E-state index contributed by atoms with van der Waals surface area (Å²) in [5.41, 5.74) is 0.965. The first-order chi connectivity index (χ1) is 8.13. The van der Waals surface area contributed by atoms with Crippen molar-refractivity contribution < 1.29 is 4.39 Å². The zero-order chi connectivity index (χ0) is 12.7. The van der Waals surface area contributed by atoms with Crippen LogP contribution in [0.25, 0.3) is 0 Å². The number of hydrogen-bond donors (Lipinski definition) is 1. The Morgan fingerprint density at radius 1 is 1.41 bits per heavy atom. The van der Waals surface area contributed by atoms with Gasteiger partial charge in [0.15, 0.2) is 0 Å². The summed E-state index contributed by atoms with van der Waals surface area (Å²) in [5.74, 6) is -0.316. The van der Waals surface area contributed by atoms with Gasteiger partial charge in [-0.3, -0.25) is 0 Å². The van der Waals surface area contributed by atoms with Crippen molar-refractivity contribution in [1.29, 1.82) is 5.26 Å². The van der Waals surface area contributed by atoms with Crippen LogP contribution in [-0.2, 0) is 6.54 Å². The van der Waals surface area contributed by atoms with Crippen molar-refractivity contribution in [3.05, 3.63) is 35.1 Å². The van der Waals surface area contributed by atoms with E-state index < -0.39 is 0 Å². The lowest BCUT2D eigenvalue weighted by Gasteiger charge is -2.10. The highest BCUT2D eigenvalue weighted by atomic mass is 19.1. The average molecular weight is 235 g/mol. The zero-order valence-corrected chi connectivity index (χ0v) is 10.3. The number of rotatable bonds is 6. The van der Waals surface area contributed by atoms with Crippen LogP contribution >= 0.6 is 0 Å². The first kappa shape index (κ1) is 13.6. The van der Waals surface area contributed by atoms with Gasteiger partial charge in [-0.05, 0) is 45.7 Å². The highest BCUT2D eigenvalue weighted by Gasteiger charge is 2.02. The van der Waals surface area contributed by atoms with Crippen LogP contribution in [-0.4, -0.2) is 32.1 Å². The number of nitrogens with one attached hydrogen (secondary N) is 1. The maximum atomic E-state index is 13.5. The molecule has 1 rings (SSSR count). The molecule has 0 radical (unpaired) electrons. The van der Waals surface area contributed by atoms with E-state index in [0.717, 1.165) is 19.5 Å². The fourth-order valence-corrected chi connectivity index (χ4v) is 1.50. The van der Waals surface area contributed by atoms with E-state index in [9.17, 15) is 4.39 Å². The van der Waals surface area contributed by atoms with Gasteiger partial charge < -0.3 is 10.2 Å². The van der Waals surface area contributed by atoms with E-state index in [1.165, 1.54) is 6.07 Å². The minimum Gasteiger partial charge on any atom is -0.313 e. The van der Waals surface area contributed by atoms with Crippen LogP contribution in [0.1, 0.15) is 17.5 Å². The van der Waals surface area contributed by atoms with Gasteiger partial charge in [-0.25, -0.2) is 4.39 Å². The molecule has 0 amide bonds. The third-order valence-electron chi connectivity index (χ3n) is 2.46. The van der Waals surface area contributed by atoms with E-state index in [-0.39, 0.29) is 5.82 Å². The smallest absolute Gasteiger partial charge is 0.129 e. The van der Waals surface area contributed by atoms with E-state index in [1.54, 1.807) is 12.1 Å². The molecular formula is C13H18FN3. The van der Waals surface area contributed by atoms with Crippen molar-refractivity contribution in [1.82, 2.24) is 10.2 Å². The first-order valence-electron chi connectivity index (χ1n) is 5.67. The molecular weight excluding hydrogens is 217 g/mol. The van der Waals surface area contributed by atoms with Crippen LogP contribution in [0.15, 0.2) is 18.2 Å². The molecule has 0 aliphatic carbocycles. The van der Waals surface area contributed by atoms with Crippen LogP contribution in [0.5, 0.6) is 0 Å². The van der Waals surface area contributed by atoms with Crippen LogP contribution in [0.4, 0.5) is 4.39 Å². The van der Waals surface area contributed by atoms with Gasteiger partial charge in [0.05, 0.1) is 11.6 Å². The van der Waals surface area contributed by atoms with Gasteiger partial charge in [0.25, 0.3) is 0 Å². The molecule has 4 heteroatoms. The molecule has 0 aliphatic heterocycles. The number of benzene rings is 1. The third kappa shape index (κ3) is 4.94. The molecule has 0 saturated heterocycles. The number of hydrogen-bond acceptors (Lipinski definition) is 3. The summed E-state index contributed by atoms with van der Waals surface area (Å²) in [6.45, 7) is 2.38. The summed E-state index contributed by atoms with van der Waals surface area (Å²) in [6, 6.07) is 6.49. The van der Waals surface area contributed by atoms with Crippen molar-refractivity contribution in [2.45, 2.75) is 13.0 Å². The average Bonchev–Trinajstić information content (AvgIpc) is 2.30. The molecule has 1 N–H and O–H groups in total. The normalized spacial score (nSPS) is 10.5. The fourth-order valence-electron chi connectivity index (χ4n) is 1.50. The predicted octanol–water partition coefficient (Wildman–Crippen LogP) is 1.74. The second-order valence-corrected chi connectivity index (χ2v) is 4.25. The lowest BCUT2D eigenvalue weighted by atomic mass is 10.1. The predicted molar refractivity (Wildman–Crippen MR) is 66.0 cm³/mol. The molecule has 0 aliphatic rings. The molecule has 3 nitrogen and oxygen atoms in total. The molecule has 0 fully saturated rings. The van der Waals surface area contributed by atoms with Gasteiger partial charge in [0.1, 0.15) is 5.82 Å². The molecule has 0 spiro atoms. The maximum absolute atomic E-state index is 13.5. The number of nitriles is 1. The van der Waals surface area contributed by atoms with Gasteiger partial charge in [-0.2, -0.15) is 5.26 Å². The molecule has 1 aromatic carbocycles. The first-order valence-corrected chi connectivity index (χ1v) is 5.67. The van der Waals surface area contributed by atoms with Crippen LogP contribution in [0, 0.1) is 17.1 Å². The van der Waals surface area contributed by atoms with Crippen molar-refractivity contribution >= 4 is 0 Å². The Balaban J connectivity index is 2.35. The molecule has 0 atom stereocenters. The van der Waals surface area contributed by atoms with Crippen molar-refractivity contribution in [3.63, 3.8) is 0 Å². The SMILES string of the molecule is CN(C)CCCNCc1ccc(C#N)cc1F. The van der Waals surface area contributed by atoms with Crippen molar-refractivity contribution in [2.75, 3.05) is 27.2 Å². The Bertz CT molecular complexity index is 396. The fraction of sp³-hybridized carbons (Fsp3) is 0.462. The second-order valence-electron chi connectivity index (χ2n) is 4.25. The highest BCUT2D eigenvalue weighted by Crippen LogP contribution is 2.09.